The maximum Gasteiger partial charge on any atom is 0.266 e. The van der Waals surface area contributed by atoms with Crippen molar-refractivity contribution < 1.29 is 9.47 Å². The molecule has 0 unspecified atom stereocenters. The summed E-state index contributed by atoms with van der Waals surface area (Å²) in [6.45, 7) is 5.17. The van der Waals surface area contributed by atoms with Gasteiger partial charge in [-0.3, -0.25) is 9.36 Å². The van der Waals surface area contributed by atoms with E-state index in [4.69, 9.17) is 14.5 Å². The number of fused-ring (bicyclic) bond motifs is 1. The Bertz CT molecular complexity index is 1030. The van der Waals surface area contributed by atoms with E-state index in [1.807, 2.05) is 42.5 Å². The van der Waals surface area contributed by atoms with Crippen molar-refractivity contribution in [1.29, 1.82) is 0 Å². The van der Waals surface area contributed by atoms with Gasteiger partial charge >= 0.3 is 0 Å². The molecule has 1 aromatic heterocycles. The molecular formula is C21H22N2O3S. The van der Waals surface area contributed by atoms with Gasteiger partial charge in [0.2, 0.25) is 0 Å². The number of hydrogen-bond donors (Lipinski definition) is 0. The lowest BCUT2D eigenvalue weighted by Crippen LogP contribution is -2.27. The van der Waals surface area contributed by atoms with Gasteiger partial charge in [-0.25, -0.2) is 4.98 Å². The summed E-state index contributed by atoms with van der Waals surface area (Å²) in [5, 5.41) is 1.32. The van der Waals surface area contributed by atoms with E-state index in [2.05, 4.69) is 13.8 Å². The minimum Gasteiger partial charge on any atom is -0.355 e. The van der Waals surface area contributed by atoms with Crippen molar-refractivity contribution in [3.8, 4) is 5.69 Å². The van der Waals surface area contributed by atoms with Gasteiger partial charge in [-0.2, -0.15) is 0 Å². The van der Waals surface area contributed by atoms with Gasteiger partial charge < -0.3 is 9.47 Å². The van der Waals surface area contributed by atoms with Crippen LogP contribution >= 0.6 is 11.8 Å². The Morgan fingerprint density at radius 2 is 2.04 bits per heavy atom. The Labute approximate surface area is 162 Å². The molecule has 27 heavy (non-hydrogen) atoms. The smallest absolute Gasteiger partial charge is 0.266 e. The number of aryl methyl sites for hydroxylation is 2. The van der Waals surface area contributed by atoms with Crippen LogP contribution in [0.25, 0.3) is 16.6 Å². The van der Waals surface area contributed by atoms with Gasteiger partial charge in [-0.1, -0.05) is 30.0 Å². The highest BCUT2D eigenvalue weighted by Gasteiger charge is 2.18. The van der Waals surface area contributed by atoms with Gasteiger partial charge in [-0.15, -0.1) is 0 Å². The molecule has 0 aliphatic carbocycles. The van der Waals surface area contributed by atoms with Crippen molar-refractivity contribution in [2.24, 2.45) is 0 Å². The maximum atomic E-state index is 13.3. The van der Waals surface area contributed by atoms with E-state index < -0.39 is 0 Å². The summed E-state index contributed by atoms with van der Waals surface area (Å²) >= 11 is 1.56. The van der Waals surface area contributed by atoms with Crippen molar-refractivity contribution in [3.63, 3.8) is 0 Å². The fraction of sp³-hybridized carbons (Fsp3) is 0.333. The van der Waals surface area contributed by atoms with Crippen LogP contribution in [-0.2, 0) is 9.47 Å². The SMILES string of the molecule is Cc1ccc(-n2c(SC[C@@H]3CCOCO3)nc3ccccc3c2=O)cc1C. The van der Waals surface area contributed by atoms with E-state index in [0.29, 0.717) is 23.9 Å². The molecule has 1 atom stereocenters. The summed E-state index contributed by atoms with van der Waals surface area (Å²) in [6, 6.07) is 13.6. The third-order valence-electron chi connectivity index (χ3n) is 4.86. The average molecular weight is 382 g/mol. The second-order valence-electron chi connectivity index (χ2n) is 6.74. The molecule has 6 heteroatoms. The molecule has 0 spiro atoms. The lowest BCUT2D eigenvalue weighted by atomic mass is 10.1. The van der Waals surface area contributed by atoms with Crippen molar-refractivity contribution in [3.05, 3.63) is 63.9 Å². The molecular weight excluding hydrogens is 360 g/mol. The lowest BCUT2D eigenvalue weighted by Gasteiger charge is -2.22. The zero-order chi connectivity index (χ0) is 18.8. The Balaban J connectivity index is 1.79. The molecule has 2 heterocycles. The Kier molecular flexibility index (Phi) is 5.29. The number of benzene rings is 2. The summed E-state index contributed by atoms with van der Waals surface area (Å²) in [7, 11) is 0. The Morgan fingerprint density at radius 1 is 1.19 bits per heavy atom. The fourth-order valence-corrected chi connectivity index (χ4v) is 4.18. The number of rotatable bonds is 4. The van der Waals surface area contributed by atoms with Crippen molar-refractivity contribution in [2.75, 3.05) is 19.2 Å². The predicted octanol–water partition coefficient (Wildman–Crippen LogP) is 3.86. The molecule has 4 rings (SSSR count). The number of thioether (sulfide) groups is 1. The monoisotopic (exact) mass is 382 g/mol. The minimum atomic E-state index is -0.0424. The molecule has 0 radical (unpaired) electrons. The maximum absolute atomic E-state index is 13.3. The number of nitrogens with zero attached hydrogens (tertiary/aromatic N) is 2. The van der Waals surface area contributed by atoms with Crippen molar-refractivity contribution >= 4 is 22.7 Å². The second-order valence-corrected chi connectivity index (χ2v) is 7.72. The summed E-state index contributed by atoms with van der Waals surface area (Å²) in [5.41, 5.74) is 3.87. The average Bonchev–Trinajstić information content (AvgIpc) is 2.70. The highest BCUT2D eigenvalue weighted by atomic mass is 32.2. The molecule has 1 fully saturated rings. The van der Waals surface area contributed by atoms with Crippen LogP contribution in [0.3, 0.4) is 0 Å². The number of hydrogen-bond acceptors (Lipinski definition) is 5. The summed E-state index contributed by atoms with van der Waals surface area (Å²) in [4.78, 5) is 18.0. The number of aromatic nitrogens is 2. The predicted molar refractivity (Wildman–Crippen MR) is 108 cm³/mol. The van der Waals surface area contributed by atoms with Gasteiger partial charge in [0, 0.05) is 5.75 Å². The molecule has 3 aromatic rings. The molecule has 0 saturated carbocycles. The van der Waals surface area contributed by atoms with Crippen LogP contribution in [0.1, 0.15) is 17.5 Å². The zero-order valence-corrected chi connectivity index (χ0v) is 16.3. The lowest BCUT2D eigenvalue weighted by molar-refractivity contribution is -0.130. The van der Waals surface area contributed by atoms with Gasteiger partial charge in [0.05, 0.1) is 29.3 Å². The second kappa shape index (κ2) is 7.84. The number of ether oxygens (including phenoxy) is 2. The largest absolute Gasteiger partial charge is 0.355 e. The van der Waals surface area contributed by atoms with E-state index >= 15 is 0 Å². The van der Waals surface area contributed by atoms with Crippen LogP contribution in [0, 0.1) is 13.8 Å². The first-order chi connectivity index (χ1) is 13.1. The van der Waals surface area contributed by atoms with E-state index in [1.165, 1.54) is 5.56 Å². The molecule has 2 aromatic carbocycles. The summed E-state index contributed by atoms with van der Waals surface area (Å²) in [5.74, 6) is 0.735. The topological polar surface area (TPSA) is 53.4 Å². The van der Waals surface area contributed by atoms with Crippen LogP contribution in [0.5, 0.6) is 0 Å². The first kappa shape index (κ1) is 18.2. The van der Waals surface area contributed by atoms with Crippen molar-refractivity contribution in [2.45, 2.75) is 31.5 Å². The van der Waals surface area contributed by atoms with E-state index in [-0.39, 0.29) is 11.7 Å². The van der Waals surface area contributed by atoms with Crippen LogP contribution in [-0.4, -0.2) is 34.8 Å². The van der Waals surface area contributed by atoms with Crippen LogP contribution in [0.2, 0.25) is 0 Å². The first-order valence-corrected chi connectivity index (χ1v) is 10.0. The highest BCUT2D eigenvalue weighted by Crippen LogP contribution is 2.25. The van der Waals surface area contributed by atoms with Gasteiger partial charge in [0.15, 0.2) is 5.16 Å². The molecule has 0 bridgehead atoms. The molecule has 5 nitrogen and oxygen atoms in total. The number of para-hydroxylation sites is 1. The molecule has 1 aliphatic rings. The first-order valence-electron chi connectivity index (χ1n) is 9.05. The molecule has 1 aliphatic heterocycles. The summed E-state index contributed by atoms with van der Waals surface area (Å²) in [6.07, 6.45) is 0.967. The van der Waals surface area contributed by atoms with Crippen LogP contribution in [0.4, 0.5) is 0 Å². The molecule has 0 N–H and O–H groups in total. The Hall–Kier alpha value is -2.15. The normalized spacial score (nSPS) is 17.3. The Morgan fingerprint density at radius 3 is 2.81 bits per heavy atom. The molecule has 0 amide bonds. The highest BCUT2D eigenvalue weighted by molar-refractivity contribution is 7.99. The van der Waals surface area contributed by atoms with Crippen LogP contribution < -0.4 is 5.56 Å². The van der Waals surface area contributed by atoms with Crippen molar-refractivity contribution in [1.82, 2.24) is 9.55 Å². The molecule has 1 saturated heterocycles. The van der Waals surface area contributed by atoms with Gasteiger partial charge in [-0.05, 0) is 55.7 Å². The van der Waals surface area contributed by atoms with Gasteiger partial charge in [0.1, 0.15) is 6.79 Å². The van der Waals surface area contributed by atoms with Gasteiger partial charge in [0.25, 0.3) is 5.56 Å². The van der Waals surface area contributed by atoms with E-state index in [9.17, 15) is 4.79 Å². The van der Waals surface area contributed by atoms with E-state index in [1.54, 1.807) is 16.3 Å². The molecule has 140 valence electrons. The van der Waals surface area contributed by atoms with E-state index in [0.717, 1.165) is 28.9 Å². The quantitative estimate of drug-likeness (QED) is 0.507. The summed E-state index contributed by atoms with van der Waals surface area (Å²) < 4.78 is 12.6. The zero-order valence-electron chi connectivity index (χ0n) is 15.5. The third-order valence-corrected chi connectivity index (χ3v) is 5.93. The fourth-order valence-electron chi connectivity index (χ4n) is 3.10. The standard InChI is InChI=1S/C21H22N2O3S/c1-14-7-8-16(11-15(14)2)23-20(24)18-5-3-4-6-19(18)22-21(23)27-12-17-9-10-25-13-26-17/h3-8,11,17H,9-10,12-13H2,1-2H3/t17-/m0/s1. The minimum absolute atomic E-state index is 0.0424. The third kappa shape index (κ3) is 3.78. The van der Waals surface area contributed by atoms with Crippen LogP contribution in [0.15, 0.2) is 52.4 Å².